The van der Waals surface area contributed by atoms with E-state index in [0.717, 1.165) is 26.2 Å². The van der Waals surface area contributed by atoms with Gasteiger partial charge in [-0.15, -0.1) is 0 Å². The van der Waals surface area contributed by atoms with E-state index in [0.29, 0.717) is 19.7 Å². The zero-order chi connectivity index (χ0) is 13.1. The lowest BCUT2D eigenvalue weighted by atomic mass is 10.1. The minimum absolute atomic E-state index is 0.576. The molecule has 1 unspecified atom stereocenters. The Bertz CT molecular complexity index is 175. The molecule has 0 aromatic rings. The van der Waals surface area contributed by atoms with E-state index in [2.05, 4.69) is 5.32 Å². The van der Waals surface area contributed by atoms with Crippen molar-refractivity contribution in [2.45, 2.75) is 18.9 Å². The van der Waals surface area contributed by atoms with Gasteiger partial charge in [0.05, 0.1) is 12.2 Å². The van der Waals surface area contributed by atoms with Crippen molar-refractivity contribution in [3.8, 4) is 0 Å². The number of methoxy groups -OCH3 is 1. The summed E-state index contributed by atoms with van der Waals surface area (Å²) >= 11 is 0. The van der Waals surface area contributed by atoms with Crippen LogP contribution in [0.5, 0.6) is 0 Å². The highest BCUT2D eigenvalue weighted by Crippen LogP contribution is 2.01. The Morgan fingerprint density at radius 1 is 1.24 bits per heavy atom. The molecule has 0 aliphatic heterocycles. The van der Waals surface area contributed by atoms with Crippen molar-refractivity contribution < 1.29 is 14.6 Å². The summed E-state index contributed by atoms with van der Waals surface area (Å²) in [5.41, 5.74) is -0.695. The maximum absolute atomic E-state index is 10.00. The molecule has 0 aromatic carbocycles. The van der Waals surface area contributed by atoms with Crippen LogP contribution in [0.15, 0.2) is 0 Å². The van der Waals surface area contributed by atoms with E-state index in [1.165, 1.54) is 0 Å². The van der Waals surface area contributed by atoms with Crippen LogP contribution in [-0.4, -0.2) is 76.3 Å². The lowest BCUT2D eigenvalue weighted by Crippen LogP contribution is -2.46. The fourth-order valence-corrected chi connectivity index (χ4v) is 1.65. The van der Waals surface area contributed by atoms with Crippen molar-refractivity contribution in [2.75, 3.05) is 60.7 Å². The molecule has 2 N–H and O–H groups in total. The highest BCUT2D eigenvalue weighted by atomic mass is 16.5. The molecule has 0 saturated carbocycles. The van der Waals surface area contributed by atoms with Crippen molar-refractivity contribution in [1.82, 2.24) is 10.2 Å². The van der Waals surface area contributed by atoms with Crippen LogP contribution in [0.4, 0.5) is 0 Å². The second-order valence-corrected chi connectivity index (χ2v) is 4.87. The molecule has 0 radical (unpaired) electrons. The van der Waals surface area contributed by atoms with Gasteiger partial charge in [0.25, 0.3) is 0 Å². The number of nitrogens with zero attached hydrogens (tertiary/aromatic N) is 1. The smallest absolute Gasteiger partial charge is 0.0869 e. The Morgan fingerprint density at radius 3 is 2.53 bits per heavy atom. The van der Waals surface area contributed by atoms with Crippen molar-refractivity contribution in [1.29, 1.82) is 0 Å². The summed E-state index contributed by atoms with van der Waals surface area (Å²) in [6.45, 7) is 5.95. The maximum atomic E-state index is 10.00. The lowest BCUT2D eigenvalue weighted by molar-refractivity contribution is 0.0312. The monoisotopic (exact) mass is 248 g/mol. The number of ether oxygens (including phenoxy) is 2. The lowest BCUT2D eigenvalue weighted by Gasteiger charge is -2.27. The predicted molar refractivity (Wildman–Crippen MR) is 69.4 cm³/mol. The fraction of sp³-hybridized carbons (Fsp3) is 1.00. The minimum Gasteiger partial charge on any atom is -0.388 e. The van der Waals surface area contributed by atoms with E-state index in [1.807, 2.05) is 25.9 Å². The first-order chi connectivity index (χ1) is 7.98. The van der Waals surface area contributed by atoms with Crippen LogP contribution in [0.2, 0.25) is 0 Å². The van der Waals surface area contributed by atoms with E-state index >= 15 is 0 Å². The summed E-state index contributed by atoms with van der Waals surface area (Å²) in [5.74, 6) is 0. The second kappa shape index (κ2) is 9.79. The Labute approximate surface area is 105 Å². The molecule has 0 rings (SSSR count). The van der Waals surface area contributed by atoms with Gasteiger partial charge in [-0.2, -0.15) is 0 Å². The van der Waals surface area contributed by atoms with Gasteiger partial charge in [0, 0.05) is 40.0 Å². The van der Waals surface area contributed by atoms with Crippen molar-refractivity contribution in [3.05, 3.63) is 0 Å². The van der Waals surface area contributed by atoms with Crippen molar-refractivity contribution in [3.63, 3.8) is 0 Å². The summed E-state index contributed by atoms with van der Waals surface area (Å²) in [7, 11) is 5.59. The zero-order valence-electron chi connectivity index (χ0n) is 11.7. The second-order valence-electron chi connectivity index (χ2n) is 4.87. The number of hydrogen-bond acceptors (Lipinski definition) is 5. The van der Waals surface area contributed by atoms with Gasteiger partial charge in [-0.1, -0.05) is 0 Å². The first kappa shape index (κ1) is 16.8. The van der Waals surface area contributed by atoms with E-state index in [-0.39, 0.29) is 0 Å². The third kappa shape index (κ3) is 12.1. The Morgan fingerprint density at radius 2 is 1.94 bits per heavy atom. The summed E-state index contributed by atoms with van der Waals surface area (Å²) in [4.78, 5) is 1.98. The largest absolute Gasteiger partial charge is 0.388 e. The van der Waals surface area contributed by atoms with Gasteiger partial charge < -0.3 is 24.8 Å². The Kier molecular flexibility index (Phi) is 9.68. The normalized spacial score (nSPS) is 15.2. The first-order valence-electron chi connectivity index (χ1n) is 6.12. The molecule has 0 spiro atoms. The van der Waals surface area contributed by atoms with Gasteiger partial charge in [0.15, 0.2) is 0 Å². The summed E-state index contributed by atoms with van der Waals surface area (Å²) in [6, 6.07) is 0. The van der Waals surface area contributed by atoms with Gasteiger partial charge in [0.1, 0.15) is 0 Å². The number of likely N-dealkylation sites (N-methyl/N-ethyl adjacent to an activating group) is 1. The van der Waals surface area contributed by atoms with Crippen LogP contribution in [-0.2, 0) is 9.47 Å². The molecule has 0 saturated heterocycles. The van der Waals surface area contributed by atoms with Crippen LogP contribution in [0, 0.1) is 0 Å². The molecule has 104 valence electrons. The highest BCUT2D eigenvalue weighted by Gasteiger charge is 2.20. The number of rotatable bonds is 11. The molecular formula is C12H28N2O3. The quantitative estimate of drug-likeness (QED) is 0.502. The maximum Gasteiger partial charge on any atom is 0.0869 e. The van der Waals surface area contributed by atoms with Crippen LogP contribution in [0.25, 0.3) is 0 Å². The summed E-state index contributed by atoms with van der Waals surface area (Å²) in [6.07, 6.45) is 0.925. The fourth-order valence-electron chi connectivity index (χ4n) is 1.65. The summed E-state index contributed by atoms with van der Waals surface area (Å²) in [5, 5.41) is 13.2. The van der Waals surface area contributed by atoms with E-state index in [1.54, 1.807) is 7.11 Å². The molecule has 0 heterocycles. The molecular weight excluding hydrogens is 220 g/mol. The molecule has 0 aliphatic carbocycles. The van der Waals surface area contributed by atoms with Gasteiger partial charge >= 0.3 is 0 Å². The standard InChI is InChI=1S/C12H28N2O3/c1-12(15,11-14(2)3)10-13-6-9-17-8-5-7-16-4/h13,15H,5-11H2,1-4H3. The molecule has 0 bridgehead atoms. The molecule has 0 aliphatic rings. The van der Waals surface area contributed by atoms with E-state index < -0.39 is 5.60 Å². The van der Waals surface area contributed by atoms with Gasteiger partial charge in [0.2, 0.25) is 0 Å². The van der Waals surface area contributed by atoms with Gasteiger partial charge in [-0.3, -0.25) is 0 Å². The van der Waals surface area contributed by atoms with E-state index in [4.69, 9.17) is 9.47 Å². The van der Waals surface area contributed by atoms with Gasteiger partial charge in [-0.05, 0) is 27.4 Å². The van der Waals surface area contributed by atoms with Crippen LogP contribution in [0.1, 0.15) is 13.3 Å². The topological polar surface area (TPSA) is 54.0 Å². The SMILES string of the molecule is COCCCOCCNCC(C)(O)CN(C)C. The highest BCUT2D eigenvalue weighted by molar-refractivity contribution is 4.77. The molecule has 0 fully saturated rings. The molecule has 0 aromatic heterocycles. The Balaban J connectivity index is 3.32. The van der Waals surface area contributed by atoms with Crippen LogP contribution >= 0.6 is 0 Å². The number of hydrogen-bond donors (Lipinski definition) is 2. The number of nitrogens with one attached hydrogen (secondary N) is 1. The zero-order valence-corrected chi connectivity index (χ0v) is 11.7. The molecule has 5 nitrogen and oxygen atoms in total. The molecule has 5 heteroatoms. The van der Waals surface area contributed by atoms with Crippen molar-refractivity contribution in [2.24, 2.45) is 0 Å². The molecule has 0 amide bonds. The van der Waals surface area contributed by atoms with Gasteiger partial charge in [-0.25, -0.2) is 0 Å². The van der Waals surface area contributed by atoms with E-state index in [9.17, 15) is 5.11 Å². The van der Waals surface area contributed by atoms with Crippen molar-refractivity contribution >= 4 is 0 Å². The first-order valence-corrected chi connectivity index (χ1v) is 6.12. The summed E-state index contributed by atoms with van der Waals surface area (Å²) < 4.78 is 10.3. The average Bonchev–Trinajstić information content (AvgIpc) is 2.20. The van der Waals surface area contributed by atoms with Crippen LogP contribution < -0.4 is 5.32 Å². The third-order valence-electron chi connectivity index (χ3n) is 2.22. The average molecular weight is 248 g/mol. The Hall–Kier alpha value is -0.200. The number of aliphatic hydroxyl groups is 1. The predicted octanol–water partition coefficient (Wildman–Crippen LogP) is -0.0583. The minimum atomic E-state index is -0.695. The molecule has 17 heavy (non-hydrogen) atoms. The third-order valence-corrected chi connectivity index (χ3v) is 2.22. The molecule has 1 atom stereocenters. The van der Waals surface area contributed by atoms with Crippen LogP contribution in [0.3, 0.4) is 0 Å².